The van der Waals surface area contributed by atoms with Gasteiger partial charge in [0.05, 0.1) is 18.1 Å². The van der Waals surface area contributed by atoms with Gasteiger partial charge in [-0.25, -0.2) is 4.79 Å². The van der Waals surface area contributed by atoms with Gasteiger partial charge in [0.1, 0.15) is 0 Å². The van der Waals surface area contributed by atoms with E-state index >= 15 is 0 Å². The van der Waals surface area contributed by atoms with E-state index in [9.17, 15) is 9.90 Å². The van der Waals surface area contributed by atoms with E-state index in [0.29, 0.717) is 6.54 Å². The van der Waals surface area contributed by atoms with Crippen LogP contribution in [0.25, 0.3) is 0 Å². The third-order valence-electron chi connectivity index (χ3n) is 2.18. The van der Waals surface area contributed by atoms with Gasteiger partial charge in [0.2, 0.25) is 0 Å². The van der Waals surface area contributed by atoms with Crippen LogP contribution < -0.4 is 0 Å². The lowest BCUT2D eigenvalue weighted by atomic mass is 9.98. The number of rotatable bonds is 1. The fraction of sp³-hybridized carbons (Fsp3) is 0.900. The summed E-state index contributed by atoms with van der Waals surface area (Å²) >= 11 is 0. The number of hydroxylamine groups is 2. The van der Waals surface area contributed by atoms with Crippen molar-refractivity contribution in [3.8, 4) is 0 Å². The number of carbonyl (C=O) groups excluding carboxylic acids is 1. The number of nitrogens with zero attached hydrogens (tertiary/aromatic N) is 1. The zero-order chi connectivity index (χ0) is 10.8. The molecule has 0 aromatic carbocycles. The van der Waals surface area contributed by atoms with Crippen molar-refractivity contribution in [3.63, 3.8) is 0 Å². The first-order valence-electron chi connectivity index (χ1n) is 5.05. The van der Waals surface area contributed by atoms with Crippen LogP contribution in [0.5, 0.6) is 0 Å². The normalized spacial score (nSPS) is 24.7. The Kier molecular flexibility index (Phi) is 3.50. The first-order chi connectivity index (χ1) is 6.39. The lowest BCUT2D eigenvalue weighted by molar-refractivity contribution is -0.210. The van der Waals surface area contributed by atoms with Crippen LogP contribution in [-0.2, 0) is 9.63 Å². The molecule has 1 atom stereocenters. The molecule has 1 fully saturated rings. The molecule has 82 valence electrons. The number of piperidine rings is 1. The molecule has 0 aromatic rings. The van der Waals surface area contributed by atoms with Crippen LogP contribution in [0.1, 0.15) is 33.6 Å². The van der Waals surface area contributed by atoms with E-state index in [4.69, 9.17) is 4.84 Å². The summed E-state index contributed by atoms with van der Waals surface area (Å²) in [6, 6.07) is 0. The fourth-order valence-corrected chi connectivity index (χ4v) is 1.26. The molecule has 1 aliphatic heterocycles. The Labute approximate surface area is 84.8 Å². The summed E-state index contributed by atoms with van der Waals surface area (Å²) in [4.78, 5) is 16.7. The molecule has 1 aliphatic rings. The molecule has 0 aromatic heterocycles. The van der Waals surface area contributed by atoms with Crippen LogP contribution in [0, 0.1) is 5.41 Å². The van der Waals surface area contributed by atoms with Crippen molar-refractivity contribution >= 4 is 5.97 Å². The first kappa shape index (κ1) is 11.5. The molecule has 1 unspecified atom stereocenters. The predicted molar refractivity (Wildman–Crippen MR) is 52.4 cm³/mol. The highest BCUT2D eigenvalue weighted by Gasteiger charge is 2.28. The lowest BCUT2D eigenvalue weighted by Crippen LogP contribution is -2.41. The number of carbonyl (C=O) groups is 1. The van der Waals surface area contributed by atoms with Gasteiger partial charge in [-0.1, -0.05) is 0 Å². The van der Waals surface area contributed by atoms with E-state index < -0.39 is 5.41 Å². The molecular formula is C10H19NO3. The topological polar surface area (TPSA) is 49.8 Å². The van der Waals surface area contributed by atoms with E-state index in [0.717, 1.165) is 19.4 Å². The van der Waals surface area contributed by atoms with Gasteiger partial charge in [0.25, 0.3) is 0 Å². The van der Waals surface area contributed by atoms with E-state index in [2.05, 4.69) is 0 Å². The second kappa shape index (κ2) is 4.28. The van der Waals surface area contributed by atoms with Crippen LogP contribution in [0.4, 0.5) is 0 Å². The molecule has 0 bridgehead atoms. The van der Waals surface area contributed by atoms with Crippen LogP contribution in [0.2, 0.25) is 0 Å². The van der Waals surface area contributed by atoms with Crippen LogP contribution in [0.15, 0.2) is 0 Å². The Balaban J connectivity index is 2.40. The fourth-order valence-electron chi connectivity index (χ4n) is 1.26. The zero-order valence-corrected chi connectivity index (χ0v) is 9.12. The van der Waals surface area contributed by atoms with Crippen LogP contribution >= 0.6 is 0 Å². The van der Waals surface area contributed by atoms with Crippen molar-refractivity contribution in [3.05, 3.63) is 0 Å². The van der Waals surface area contributed by atoms with Crippen molar-refractivity contribution in [2.24, 2.45) is 5.41 Å². The van der Waals surface area contributed by atoms with Gasteiger partial charge in [0.15, 0.2) is 0 Å². The molecule has 1 rings (SSSR count). The van der Waals surface area contributed by atoms with Crippen LogP contribution in [0.3, 0.4) is 0 Å². The Morgan fingerprint density at radius 2 is 2.14 bits per heavy atom. The van der Waals surface area contributed by atoms with Gasteiger partial charge in [-0.3, -0.25) is 0 Å². The Morgan fingerprint density at radius 3 is 2.64 bits per heavy atom. The molecule has 0 aliphatic carbocycles. The predicted octanol–water partition coefficient (Wildman–Crippen LogP) is 0.947. The lowest BCUT2D eigenvalue weighted by Gasteiger charge is -2.30. The molecule has 4 nitrogen and oxygen atoms in total. The van der Waals surface area contributed by atoms with Crippen molar-refractivity contribution in [2.45, 2.75) is 39.7 Å². The molecule has 1 heterocycles. The van der Waals surface area contributed by atoms with E-state index in [-0.39, 0.29) is 12.1 Å². The standard InChI is InChI=1S/C10H19NO3/c1-10(2,3)9(13)14-11-6-4-5-8(12)7-11/h8,12H,4-7H2,1-3H3. The SMILES string of the molecule is CC(C)(C)C(=O)ON1CCCC(O)C1. The highest BCUT2D eigenvalue weighted by molar-refractivity contribution is 5.75. The summed E-state index contributed by atoms with van der Waals surface area (Å²) in [6.07, 6.45) is 1.30. The van der Waals surface area contributed by atoms with Crippen molar-refractivity contribution in [2.75, 3.05) is 13.1 Å². The van der Waals surface area contributed by atoms with Gasteiger partial charge >= 0.3 is 5.97 Å². The minimum Gasteiger partial charge on any atom is -0.392 e. The molecule has 0 radical (unpaired) electrons. The molecule has 14 heavy (non-hydrogen) atoms. The van der Waals surface area contributed by atoms with Crippen molar-refractivity contribution < 1.29 is 14.7 Å². The van der Waals surface area contributed by atoms with Gasteiger partial charge in [-0.15, -0.1) is 5.06 Å². The third kappa shape index (κ3) is 3.27. The average molecular weight is 201 g/mol. The number of aliphatic hydroxyl groups excluding tert-OH is 1. The van der Waals surface area contributed by atoms with Gasteiger partial charge in [-0.2, -0.15) is 0 Å². The zero-order valence-electron chi connectivity index (χ0n) is 9.12. The van der Waals surface area contributed by atoms with Crippen molar-refractivity contribution in [1.29, 1.82) is 0 Å². The number of hydrogen-bond donors (Lipinski definition) is 1. The van der Waals surface area contributed by atoms with E-state index in [1.54, 1.807) is 5.06 Å². The monoisotopic (exact) mass is 201 g/mol. The van der Waals surface area contributed by atoms with Crippen molar-refractivity contribution in [1.82, 2.24) is 5.06 Å². The largest absolute Gasteiger partial charge is 0.392 e. The number of hydrogen-bond acceptors (Lipinski definition) is 4. The third-order valence-corrected chi connectivity index (χ3v) is 2.18. The van der Waals surface area contributed by atoms with Gasteiger partial charge in [0, 0.05) is 6.54 Å². The summed E-state index contributed by atoms with van der Waals surface area (Å²) in [7, 11) is 0. The summed E-state index contributed by atoms with van der Waals surface area (Å²) in [6.45, 7) is 6.60. The molecular weight excluding hydrogens is 182 g/mol. The molecule has 0 spiro atoms. The highest BCUT2D eigenvalue weighted by atomic mass is 16.7. The summed E-state index contributed by atoms with van der Waals surface area (Å²) in [5.41, 5.74) is -0.484. The summed E-state index contributed by atoms with van der Waals surface area (Å²) in [5, 5.41) is 10.9. The molecule has 0 saturated carbocycles. The smallest absolute Gasteiger partial charge is 0.330 e. The van der Waals surface area contributed by atoms with Gasteiger partial charge < -0.3 is 9.94 Å². The summed E-state index contributed by atoms with van der Waals surface area (Å²) < 4.78 is 0. The maximum atomic E-state index is 11.5. The Morgan fingerprint density at radius 1 is 1.50 bits per heavy atom. The van der Waals surface area contributed by atoms with E-state index in [1.807, 2.05) is 20.8 Å². The summed E-state index contributed by atoms with van der Waals surface area (Å²) in [5.74, 6) is -0.244. The maximum Gasteiger partial charge on any atom is 0.330 e. The Bertz CT molecular complexity index is 210. The highest BCUT2D eigenvalue weighted by Crippen LogP contribution is 2.18. The van der Waals surface area contributed by atoms with Gasteiger partial charge in [-0.05, 0) is 33.6 Å². The molecule has 4 heteroatoms. The molecule has 1 saturated heterocycles. The van der Waals surface area contributed by atoms with E-state index in [1.165, 1.54) is 0 Å². The first-order valence-corrected chi connectivity index (χ1v) is 5.05. The maximum absolute atomic E-state index is 11.5. The number of aliphatic hydroxyl groups is 1. The van der Waals surface area contributed by atoms with Crippen LogP contribution in [-0.4, -0.2) is 35.3 Å². The Hall–Kier alpha value is -0.610. The minimum atomic E-state index is -0.484. The molecule has 0 amide bonds. The second-order valence-electron chi connectivity index (χ2n) is 4.81. The number of β-amino-alcohol motifs (C(OH)–C–C–N with tert-alkyl or cyclic N) is 1. The second-order valence-corrected chi connectivity index (χ2v) is 4.81. The average Bonchev–Trinajstić information content (AvgIpc) is 2.02. The molecule has 1 N–H and O–H groups in total. The minimum absolute atomic E-state index is 0.244. The quantitative estimate of drug-likeness (QED) is 0.686.